The van der Waals surface area contributed by atoms with E-state index in [4.69, 9.17) is 0 Å². The van der Waals surface area contributed by atoms with Crippen LogP contribution in [-0.4, -0.2) is 11.0 Å². The summed E-state index contributed by atoms with van der Waals surface area (Å²) in [4.78, 5) is 14.9. The van der Waals surface area contributed by atoms with Gasteiger partial charge in [-0.25, -0.2) is 0 Å². The molecule has 19 heavy (non-hydrogen) atoms. The number of aromatic nitrogens is 1. The summed E-state index contributed by atoms with van der Waals surface area (Å²) in [5, 5.41) is 5.10. The van der Waals surface area contributed by atoms with Crippen molar-refractivity contribution in [3.05, 3.63) is 40.7 Å². The van der Waals surface area contributed by atoms with Crippen LogP contribution in [0.4, 0.5) is 5.82 Å². The number of nitrogens with one attached hydrogen (secondary N) is 2. The summed E-state index contributed by atoms with van der Waals surface area (Å²) in [6, 6.07) is 10.0. The Morgan fingerprint density at radius 3 is 2.84 bits per heavy atom. The van der Waals surface area contributed by atoms with Crippen molar-refractivity contribution >= 4 is 16.6 Å². The number of aromatic amines is 1. The second-order valence-corrected chi connectivity index (χ2v) is 5.14. The number of rotatable bonds is 6. The van der Waals surface area contributed by atoms with Gasteiger partial charge >= 0.3 is 0 Å². The Hall–Kier alpha value is -1.77. The minimum Gasteiger partial charge on any atom is -0.369 e. The molecule has 3 heteroatoms. The molecular formula is C16H22N2O. The van der Waals surface area contributed by atoms with Crippen LogP contribution in [0.25, 0.3) is 10.8 Å². The third-order valence-corrected chi connectivity index (χ3v) is 3.40. The number of benzene rings is 1. The summed E-state index contributed by atoms with van der Waals surface area (Å²) in [7, 11) is 0. The van der Waals surface area contributed by atoms with E-state index in [0.29, 0.717) is 6.04 Å². The monoisotopic (exact) mass is 258 g/mol. The summed E-state index contributed by atoms with van der Waals surface area (Å²) >= 11 is 0. The third kappa shape index (κ3) is 3.60. The quantitative estimate of drug-likeness (QED) is 0.772. The van der Waals surface area contributed by atoms with Gasteiger partial charge in [0.25, 0.3) is 5.56 Å². The largest absolute Gasteiger partial charge is 0.369 e. The molecule has 1 aromatic carbocycles. The average Bonchev–Trinajstić information content (AvgIpc) is 2.39. The van der Waals surface area contributed by atoms with Crippen LogP contribution in [-0.2, 0) is 0 Å². The predicted octanol–water partition coefficient (Wildman–Crippen LogP) is 3.91. The number of fused-ring (bicyclic) bond motifs is 1. The Bertz CT molecular complexity index is 589. The SMILES string of the molecule is CCCCCC(C)Nc1cc2ccccc2c(=O)[nH]1. The molecule has 2 rings (SSSR count). The van der Waals surface area contributed by atoms with Crippen molar-refractivity contribution in [1.82, 2.24) is 4.98 Å². The molecule has 1 atom stereocenters. The van der Waals surface area contributed by atoms with E-state index in [2.05, 4.69) is 24.1 Å². The van der Waals surface area contributed by atoms with Crippen LogP contribution in [0.2, 0.25) is 0 Å². The van der Waals surface area contributed by atoms with Gasteiger partial charge in [-0.2, -0.15) is 0 Å². The zero-order chi connectivity index (χ0) is 13.7. The normalized spacial score (nSPS) is 12.5. The van der Waals surface area contributed by atoms with Crippen LogP contribution >= 0.6 is 0 Å². The second kappa shape index (κ2) is 6.41. The summed E-state index contributed by atoms with van der Waals surface area (Å²) in [5.74, 6) is 0.813. The Labute approximate surface area is 114 Å². The van der Waals surface area contributed by atoms with Gasteiger partial charge in [0.15, 0.2) is 0 Å². The standard InChI is InChI=1S/C16H22N2O/c1-3-4-5-8-12(2)17-15-11-13-9-6-7-10-14(13)16(19)18-15/h6-7,9-12H,3-5,8H2,1-2H3,(H2,17,18,19). The van der Waals surface area contributed by atoms with E-state index in [0.717, 1.165) is 23.0 Å². The fourth-order valence-corrected chi connectivity index (χ4v) is 2.33. The van der Waals surface area contributed by atoms with Gasteiger partial charge in [0.05, 0.1) is 0 Å². The van der Waals surface area contributed by atoms with Gasteiger partial charge in [-0.05, 0) is 30.9 Å². The van der Waals surface area contributed by atoms with Crippen LogP contribution in [0, 0.1) is 0 Å². The molecule has 102 valence electrons. The summed E-state index contributed by atoms with van der Waals surface area (Å²) < 4.78 is 0. The van der Waals surface area contributed by atoms with E-state index in [1.165, 1.54) is 19.3 Å². The smallest absolute Gasteiger partial charge is 0.257 e. The molecule has 1 unspecified atom stereocenters. The first kappa shape index (κ1) is 13.7. The first-order valence-electron chi connectivity index (χ1n) is 7.09. The predicted molar refractivity (Wildman–Crippen MR) is 81.8 cm³/mol. The molecule has 2 N–H and O–H groups in total. The number of pyridine rings is 1. The molecule has 0 saturated heterocycles. The van der Waals surface area contributed by atoms with Crippen molar-refractivity contribution in [1.29, 1.82) is 0 Å². The summed E-state index contributed by atoms with van der Waals surface area (Å²) in [6.45, 7) is 4.36. The first-order valence-corrected chi connectivity index (χ1v) is 7.09. The van der Waals surface area contributed by atoms with Crippen molar-refractivity contribution < 1.29 is 0 Å². The molecule has 1 heterocycles. The highest BCUT2D eigenvalue weighted by atomic mass is 16.1. The Balaban J connectivity index is 2.11. The maximum Gasteiger partial charge on any atom is 0.257 e. The van der Waals surface area contributed by atoms with Gasteiger partial charge < -0.3 is 10.3 Å². The van der Waals surface area contributed by atoms with E-state index < -0.39 is 0 Å². The molecular weight excluding hydrogens is 236 g/mol. The van der Waals surface area contributed by atoms with E-state index in [9.17, 15) is 4.79 Å². The Morgan fingerprint density at radius 1 is 1.26 bits per heavy atom. The van der Waals surface area contributed by atoms with Gasteiger partial charge in [-0.3, -0.25) is 4.79 Å². The van der Waals surface area contributed by atoms with Crippen LogP contribution in [0.5, 0.6) is 0 Å². The van der Waals surface area contributed by atoms with Crippen LogP contribution in [0.15, 0.2) is 35.1 Å². The minimum atomic E-state index is -0.0265. The molecule has 0 bridgehead atoms. The Kier molecular flexibility index (Phi) is 4.61. The van der Waals surface area contributed by atoms with Gasteiger partial charge in [0.1, 0.15) is 5.82 Å². The van der Waals surface area contributed by atoms with Crippen molar-refractivity contribution in [2.75, 3.05) is 5.32 Å². The van der Waals surface area contributed by atoms with Crippen LogP contribution in [0.3, 0.4) is 0 Å². The maximum absolute atomic E-state index is 11.9. The van der Waals surface area contributed by atoms with Gasteiger partial charge in [-0.1, -0.05) is 44.4 Å². The molecule has 0 radical (unpaired) electrons. The van der Waals surface area contributed by atoms with Gasteiger partial charge in [-0.15, -0.1) is 0 Å². The number of anilines is 1. The lowest BCUT2D eigenvalue weighted by Gasteiger charge is -2.15. The van der Waals surface area contributed by atoms with E-state index in [1.807, 2.05) is 30.3 Å². The molecule has 0 fully saturated rings. The highest BCUT2D eigenvalue weighted by Gasteiger charge is 2.05. The third-order valence-electron chi connectivity index (χ3n) is 3.40. The zero-order valence-corrected chi connectivity index (χ0v) is 11.7. The molecule has 0 aliphatic carbocycles. The highest BCUT2D eigenvalue weighted by Crippen LogP contribution is 2.14. The molecule has 3 nitrogen and oxygen atoms in total. The van der Waals surface area contributed by atoms with E-state index >= 15 is 0 Å². The van der Waals surface area contributed by atoms with Gasteiger partial charge in [0, 0.05) is 11.4 Å². The molecule has 1 aromatic heterocycles. The lowest BCUT2D eigenvalue weighted by atomic mass is 10.1. The van der Waals surface area contributed by atoms with Crippen LogP contribution < -0.4 is 10.9 Å². The fraction of sp³-hybridized carbons (Fsp3) is 0.438. The minimum absolute atomic E-state index is 0.0265. The summed E-state index contributed by atoms with van der Waals surface area (Å²) in [6.07, 6.45) is 4.85. The second-order valence-electron chi connectivity index (χ2n) is 5.14. The number of H-pyrrole nitrogens is 1. The number of unbranched alkanes of at least 4 members (excludes halogenated alkanes) is 2. The molecule has 0 amide bonds. The van der Waals surface area contributed by atoms with Crippen molar-refractivity contribution in [2.24, 2.45) is 0 Å². The summed E-state index contributed by atoms with van der Waals surface area (Å²) in [5.41, 5.74) is -0.0265. The molecule has 2 aromatic rings. The highest BCUT2D eigenvalue weighted by molar-refractivity contribution is 5.83. The van der Waals surface area contributed by atoms with E-state index in [-0.39, 0.29) is 5.56 Å². The molecule has 0 aliphatic heterocycles. The first-order chi connectivity index (χ1) is 9.20. The lowest BCUT2D eigenvalue weighted by Crippen LogP contribution is -2.18. The lowest BCUT2D eigenvalue weighted by molar-refractivity contribution is 0.614. The fourth-order valence-electron chi connectivity index (χ4n) is 2.33. The van der Waals surface area contributed by atoms with Gasteiger partial charge in [0.2, 0.25) is 0 Å². The average molecular weight is 258 g/mol. The van der Waals surface area contributed by atoms with Crippen molar-refractivity contribution in [2.45, 2.75) is 45.6 Å². The molecule has 0 aliphatic rings. The van der Waals surface area contributed by atoms with Crippen molar-refractivity contribution in [3.8, 4) is 0 Å². The van der Waals surface area contributed by atoms with Crippen LogP contribution in [0.1, 0.15) is 39.5 Å². The zero-order valence-electron chi connectivity index (χ0n) is 11.7. The number of hydrogen-bond acceptors (Lipinski definition) is 2. The topological polar surface area (TPSA) is 44.9 Å². The maximum atomic E-state index is 11.9. The van der Waals surface area contributed by atoms with Crippen molar-refractivity contribution in [3.63, 3.8) is 0 Å². The molecule has 0 saturated carbocycles. The Morgan fingerprint density at radius 2 is 2.05 bits per heavy atom. The number of hydrogen-bond donors (Lipinski definition) is 2. The van der Waals surface area contributed by atoms with E-state index in [1.54, 1.807) is 0 Å². The molecule has 0 spiro atoms.